The van der Waals surface area contributed by atoms with Gasteiger partial charge in [0.15, 0.2) is 0 Å². The van der Waals surface area contributed by atoms with E-state index in [0.717, 1.165) is 0 Å². The number of nitrogens with zero attached hydrogens (tertiary/aromatic N) is 1. The van der Waals surface area contributed by atoms with Crippen LogP contribution >= 0.6 is 0 Å². The van der Waals surface area contributed by atoms with Crippen LogP contribution in [0.15, 0.2) is 10.9 Å². The highest BCUT2D eigenvalue weighted by Gasteiger charge is 2.52. The minimum Gasteiger partial charge on any atom is -0.457 e. The van der Waals surface area contributed by atoms with Crippen LogP contribution in [0.5, 0.6) is 0 Å². The molecule has 1 atom stereocenters. The van der Waals surface area contributed by atoms with Gasteiger partial charge < -0.3 is 23.5 Å². The van der Waals surface area contributed by atoms with Gasteiger partial charge in [-0.2, -0.15) is 0 Å². The first-order valence-corrected chi connectivity index (χ1v) is 8.36. The average molecular weight is 349 g/mol. The zero-order valence-electron chi connectivity index (χ0n) is 14.1. The van der Waals surface area contributed by atoms with Crippen LogP contribution in [0.3, 0.4) is 0 Å². The maximum Gasteiger partial charge on any atom is 0.355 e. The fourth-order valence-corrected chi connectivity index (χ4v) is 3.97. The van der Waals surface area contributed by atoms with Gasteiger partial charge in [-0.3, -0.25) is 9.59 Å². The predicted molar refractivity (Wildman–Crippen MR) is 82.4 cm³/mol. The largest absolute Gasteiger partial charge is 0.457 e. The molecule has 1 unspecified atom stereocenters. The summed E-state index contributed by atoms with van der Waals surface area (Å²) in [5.74, 6) is -2.25. The lowest BCUT2D eigenvalue weighted by molar-refractivity contribution is -0.188. The molecule has 4 rings (SSSR count). The van der Waals surface area contributed by atoms with Crippen molar-refractivity contribution in [3.8, 4) is 0 Å². The monoisotopic (exact) mass is 349 g/mol. The second-order valence-corrected chi connectivity index (χ2v) is 6.43. The van der Waals surface area contributed by atoms with Gasteiger partial charge in [-0.25, -0.2) is 4.79 Å². The van der Waals surface area contributed by atoms with E-state index >= 15 is 0 Å². The molecule has 1 aromatic heterocycles. The van der Waals surface area contributed by atoms with Gasteiger partial charge >= 0.3 is 11.9 Å². The van der Waals surface area contributed by atoms with Crippen molar-refractivity contribution in [2.45, 2.75) is 51.2 Å². The molecular weight excluding hydrogens is 330 g/mol. The van der Waals surface area contributed by atoms with Crippen molar-refractivity contribution in [1.29, 1.82) is 0 Å². The van der Waals surface area contributed by atoms with Gasteiger partial charge in [0.1, 0.15) is 6.61 Å². The van der Waals surface area contributed by atoms with Crippen LogP contribution in [0, 0.1) is 0 Å². The molecule has 0 bridgehead atoms. The molecule has 134 valence electrons. The van der Waals surface area contributed by atoms with Crippen LogP contribution in [0.25, 0.3) is 0 Å². The molecule has 8 nitrogen and oxygen atoms in total. The number of hydrogen-bond donors (Lipinski definition) is 0. The first kappa shape index (κ1) is 16.3. The Balaban J connectivity index is 1.97. The molecule has 0 N–H and O–H groups in total. The van der Waals surface area contributed by atoms with E-state index < -0.39 is 23.3 Å². The normalized spacial score (nSPS) is 26.2. The van der Waals surface area contributed by atoms with Crippen LogP contribution in [0.2, 0.25) is 0 Å². The molecule has 1 spiro atoms. The Morgan fingerprint density at radius 1 is 1.32 bits per heavy atom. The Kier molecular flexibility index (Phi) is 3.52. The second kappa shape index (κ2) is 5.40. The predicted octanol–water partition coefficient (Wildman–Crippen LogP) is 0.677. The van der Waals surface area contributed by atoms with Gasteiger partial charge in [-0.05, 0) is 12.5 Å². The lowest BCUT2D eigenvalue weighted by atomic mass is 9.85. The van der Waals surface area contributed by atoms with Gasteiger partial charge in [0, 0.05) is 25.5 Å². The fourth-order valence-electron chi connectivity index (χ4n) is 3.97. The first-order chi connectivity index (χ1) is 11.9. The van der Waals surface area contributed by atoms with E-state index in [2.05, 4.69) is 0 Å². The third-order valence-corrected chi connectivity index (χ3v) is 5.14. The third kappa shape index (κ3) is 2.10. The minimum atomic E-state index is -1.61. The molecule has 25 heavy (non-hydrogen) atoms. The smallest absolute Gasteiger partial charge is 0.355 e. The fraction of sp³-hybridized carbons (Fsp3) is 0.588. The third-order valence-electron chi connectivity index (χ3n) is 5.14. The van der Waals surface area contributed by atoms with Gasteiger partial charge in [-0.1, -0.05) is 6.92 Å². The second-order valence-electron chi connectivity index (χ2n) is 6.43. The standard InChI is InChI=1S/C17H19NO7/c1-3-16(25-10(2)19)12-8-13-17(23-6-7-24-17)4-5-18(13)14(20)11(12)9-22-15(16)21/h8H,3-7,9H2,1-2H3. The summed E-state index contributed by atoms with van der Waals surface area (Å²) in [4.78, 5) is 37.1. The molecule has 4 heterocycles. The number of esters is 2. The maximum atomic E-state index is 13.0. The summed E-state index contributed by atoms with van der Waals surface area (Å²) in [7, 11) is 0. The molecule has 3 aliphatic heterocycles. The van der Waals surface area contributed by atoms with Crippen LogP contribution in [0.4, 0.5) is 0 Å². The molecule has 0 radical (unpaired) electrons. The highest BCUT2D eigenvalue weighted by Crippen LogP contribution is 2.43. The van der Waals surface area contributed by atoms with Crippen molar-refractivity contribution >= 4 is 11.9 Å². The van der Waals surface area contributed by atoms with Gasteiger partial charge in [0.05, 0.1) is 24.5 Å². The van der Waals surface area contributed by atoms with Crippen LogP contribution in [-0.4, -0.2) is 29.7 Å². The first-order valence-electron chi connectivity index (χ1n) is 8.36. The number of hydrogen-bond acceptors (Lipinski definition) is 7. The van der Waals surface area contributed by atoms with E-state index in [1.807, 2.05) is 0 Å². The summed E-state index contributed by atoms with van der Waals surface area (Å²) in [6.45, 7) is 4.14. The number of rotatable bonds is 2. The Morgan fingerprint density at radius 3 is 2.68 bits per heavy atom. The van der Waals surface area contributed by atoms with Crippen molar-refractivity contribution in [2.24, 2.45) is 0 Å². The van der Waals surface area contributed by atoms with Crippen LogP contribution in [-0.2, 0) is 53.1 Å². The number of cyclic esters (lactones) is 1. The number of fused-ring (bicyclic) bond motifs is 3. The van der Waals surface area contributed by atoms with E-state index in [4.69, 9.17) is 18.9 Å². The topological polar surface area (TPSA) is 93.1 Å². The lowest BCUT2D eigenvalue weighted by Gasteiger charge is -2.36. The molecule has 0 saturated carbocycles. The quantitative estimate of drug-likeness (QED) is 0.725. The molecule has 0 aromatic carbocycles. The minimum absolute atomic E-state index is 0.134. The molecule has 1 saturated heterocycles. The van der Waals surface area contributed by atoms with Crippen LogP contribution in [0.1, 0.15) is 43.5 Å². The zero-order chi connectivity index (χ0) is 17.8. The average Bonchev–Trinajstić information content (AvgIpc) is 3.19. The summed E-state index contributed by atoms with van der Waals surface area (Å²) < 4.78 is 23.7. The van der Waals surface area contributed by atoms with E-state index in [-0.39, 0.29) is 18.6 Å². The summed E-state index contributed by atoms with van der Waals surface area (Å²) in [5, 5.41) is 0. The molecule has 0 aliphatic carbocycles. The highest BCUT2D eigenvalue weighted by molar-refractivity contribution is 5.86. The Morgan fingerprint density at radius 2 is 2.04 bits per heavy atom. The SMILES string of the molecule is CCC1(OC(C)=O)C(=O)OCc2c1cc1n(c2=O)CCC12OCCO2. The molecule has 3 aliphatic rings. The van der Waals surface area contributed by atoms with Crippen molar-refractivity contribution in [1.82, 2.24) is 4.57 Å². The molecule has 8 heteroatoms. The molecule has 1 fully saturated rings. The van der Waals surface area contributed by atoms with Gasteiger partial charge in [-0.15, -0.1) is 0 Å². The highest BCUT2D eigenvalue weighted by atomic mass is 16.7. The number of pyridine rings is 1. The summed E-state index contributed by atoms with van der Waals surface area (Å²) in [6, 6.07) is 1.71. The van der Waals surface area contributed by atoms with E-state index in [0.29, 0.717) is 43.0 Å². The van der Waals surface area contributed by atoms with Crippen LogP contribution < -0.4 is 5.56 Å². The Labute approximate surface area is 143 Å². The number of carbonyl (C=O) groups excluding carboxylic acids is 2. The summed E-state index contributed by atoms with van der Waals surface area (Å²) >= 11 is 0. The molecule has 1 aromatic rings. The van der Waals surface area contributed by atoms with Crippen molar-refractivity contribution in [3.63, 3.8) is 0 Å². The Hall–Kier alpha value is -2.19. The molecular formula is C17H19NO7. The Bertz CT molecular complexity index is 821. The van der Waals surface area contributed by atoms with Gasteiger partial charge in [0.2, 0.25) is 11.4 Å². The van der Waals surface area contributed by atoms with E-state index in [9.17, 15) is 14.4 Å². The van der Waals surface area contributed by atoms with Crippen molar-refractivity contribution in [2.75, 3.05) is 13.2 Å². The van der Waals surface area contributed by atoms with E-state index in [1.54, 1.807) is 17.6 Å². The summed E-state index contributed by atoms with van der Waals surface area (Å²) in [5.41, 5.74) is -0.606. The number of ether oxygens (including phenoxy) is 4. The zero-order valence-corrected chi connectivity index (χ0v) is 14.1. The van der Waals surface area contributed by atoms with Gasteiger partial charge in [0.25, 0.3) is 5.56 Å². The van der Waals surface area contributed by atoms with E-state index in [1.165, 1.54) is 6.92 Å². The summed E-state index contributed by atoms with van der Waals surface area (Å²) in [6.07, 6.45) is 0.683. The molecule has 0 amide bonds. The van der Waals surface area contributed by atoms with Crippen molar-refractivity contribution < 1.29 is 28.5 Å². The lowest BCUT2D eigenvalue weighted by Crippen LogP contribution is -2.47. The maximum absolute atomic E-state index is 13.0. The van der Waals surface area contributed by atoms with Crippen molar-refractivity contribution in [3.05, 3.63) is 33.2 Å². The number of aromatic nitrogens is 1. The number of carbonyl (C=O) groups is 2.